The van der Waals surface area contributed by atoms with E-state index in [9.17, 15) is 13.6 Å². The fourth-order valence-electron chi connectivity index (χ4n) is 2.30. The number of carbonyl (C=O) groups is 1. The Labute approximate surface area is 109 Å². The van der Waals surface area contributed by atoms with Crippen molar-refractivity contribution in [3.63, 3.8) is 0 Å². The molecule has 0 bridgehead atoms. The molecule has 96 valence electrons. The lowest BCUT2D eigenvalue weighted by Gasteiger charge is -2.16. The van der Waals surface area contributed by atoms with Crippen molar-refractivity contribution in [2.24, 2.45) is 0 Å². The first kappa shape index (κ1) is 11.8. The van der Waals surface area contributed by atoms with E-state index in [4.69, 9.17) is 0 Å². The molecular weight excluding hydrogens is 248 g/mol. The minimum absolute atomic E-state index is 0.112. The van der Waals surface area contributed by atoms with Crippen molar-refractivity contribution in [2.75, 3.05) is 0 Å². The highest BCUT2D eigenvalue weighted by atomic mass is 19.1. The van der Waals surface area contributed by atoms with Crippen LogP contribution in [0.25, 0.3) is 0 Å². The van der Waals surface area contributed by atoms with Crippen molar-refractivity contribution in [2.45, 2.75) is 13.1 Å². The Bertz CT molecular complexity index is 654. The summed E-state index contributed by atoms with van der Waals surface area (Å²) in [5.74, 6) is -1.35. The van der Waals surface area contributed by atoms with Crippen molar-refractivity contribution in [3.05, 3.63) is 70.8 Å². The summed E-state index contributed by atoms with van der Waals surface area (Å²) in [7, 11) is 0. The number of hydrogen-bond donors (Lipinski definition) is 0. The van der Waals surface area contributed by atoms with Gasteiger partial charge in [-0.1, -0.05) is 24.3 Å². The molecule has 1 heterocycles. The van der Waals surface area contributed by atoms with Gasteiger partial charge in [-0.15, -0.1) is 0 Å². The number of nitrogens with zero attached hydrogens (tertiary/aromatic N) is 1. The van der Waals surface area contributed by atoms with Crippen LogP contribution in [0.15, 0.2) is 42.5 Å². The van der Waals surface area contributed by atoms with E-state index >= 15 is 0 Å². The smallest absolute Gasteiger partial charge is 0.254 e. The molecule has 3 rings (SSSR count). The molecule has 0 saturated heterocycles. The fourth-order valence-corrected chi connectivity index (χ4v) is 2.30. The normalized spacial score (nSPS) is 13.8. The van der Waals surface area contributed by atoms with Gasteiger partial charge in [-0.25, -0.2) is 8.78 Å². The van der Waals surface area contributed by atoms with Crippen LogP contribution < -0.4 is 0 Å². The van der Waals surface area contributed by atoms with Crippen LogP contribution in [0.2, 0.25) is 0 Å². The van der Waals surface area contributed by atoms with Gasteiger partial charge in [-0.2, -0.15) is 0 Å². The number of amides is 1. The van der Waals surface area contributed by atoms with E-state index in [0.717, 1.165) is 11.6 Å². The van der Waals surface area contributed by atoms with E-state index in [1.807, 2.05) is 12.1 Å². The topological polar surface area (TPSA) is 20.3 Å². The van der Waals surface area contributed by atoms with E-state index in [1.54, 1.807) is 17.0 Å². The van der Waals surface area contributed by atoms with Crippen molar-refractivity contribution >= 4 is 5.91 Å². The van der Waals surface area contributed by atoms with E-state index in [-0.39, 0.29) is 12.5 Å². The monoisotopic (exact) mass is 259 g/mol. The molecule has 2 aromatic rings. The average Bonchev–Trinajstić information content (AvgIpc) is 2.70. The molecule has 2 nitrogen and oxygen atoms in total. The highest BCUT2D eigenvalue weighted by molar-refractivity contribution is 5.98. The summed E-state index contributed by atoms with van der Waals surface area (Å²) >= 11 is 0. The summed E-state index contributed by atoms with van der Waals surface area (Å²) in [5.41, 5.74) is 1.92. The van der Waals surface area contributed by atoms with Gasteiger partial charge in [0.05, 0.1) is 0 Å². The summed E-state index contributed by atoms with van der Waals surface area (Å²) in [6.45, 7) is 0.617. The molecule has 0 spiro atoms. The van der Waals surface area contributed by atoms with Crippen LogP contribution in [0.5, 0.6) is 0 Å². The highest BCUT2D eigenvalue weighted by Gasteiger charge is 2.27. The number of fused-ring (bicyclic) bond motifs is 1. The van der Waals surface area contributed by atoms with Crippen LogP contribution in [-0.4, -0.2) is 10.8 Å². The Balaban J connectivity index is 1.85. The van der Waals surface area contributed by atoms with Crippen molar-refractivity contribution < 1.29 is 13.6 Å². The Morgan fingerprint density at radius 1 is 1.11 bits per heavy atom. The number of rotatable bonds is 2. The molecule has 1 aliphatic heterocycles. The number of halogens is 2. The number of benzene rings is 2. The predicted octanol–water partition coefficient (Wildman–Crippen LogP) is 3.12. The third-order valence-corrected chi connectivity index (χ3v) is 3.27. The summed E-state index contributed by atoms with van der Waals surface area (Å²) in [4.78, 5) is 13.7. The van der Waals surface area contributed by atoms with E-state index in [2.05, 4.69) is 0 Å². The number of carbonyl (C=O) groups excluding carboxylic acids is 1. The Hall–Kier alpha value is -2.23. The lowest BCUT2D eigenvalue weighted by atomic mass is 10.1. The molecule has 0 unspecified atom stereocenters. The first-order valence-electron chi connectivity index (χ1n) is 5.96. The van der Waals surface area contributed by atoms with Crippen molar-refractivity contribution in [1.82, 2.24) is 4.90 Å². The second-order valence-corrected chi connectivity index (χ2v) is 4.55. The van der Waals surface area contributed by atoms with E-state index in [0.29, 0.717) is 17.7 Å². The standard InChI is InChI=1S/C15H11F2NO/c16-12-6-5-11(14(17)7-12)9-18-8-10-3-1-2-4-13(10)15(18)19/h1-7H,8-9H2. The zero-order chi connectivity index (χ0) is 13.4. The van der Waals surface area contributed by atoms with Crippen LogP contribution >= 0.6 is 0 Å². The van der Waals surface area contributed by atoms with Crippen LogP contribution in [-0.2, 0) is 13.1 Å². The molecule has 0 aliphatic carbocycles. The maximum Gasteiger partial charge on any atom is 0.254 e. The van der Waals surface area contributed by atoms with Gasteiger partial charge >= 0.3 is 0 Å². The van der Waals surface area contributed by atoms with Gasteiger partial charge in [0.15, 0.2) is 0 Å². The lowest BCUT2D eigenvalue weighted by molar-refractivity contribution is 0.0765. The molecule has 0 radical (unpaired) electrons. The van der Waals surface area contributed by atoms with Gasteiger partial charge in [-0.05, 0) is 17.7 Å². The molecular formula is C15H11F2NO. The Morgan fingerprint density at radius 3 is 2.63 bits per heavy atom. The lowest BCUT2D eigenvalue weighted by Crippen LogP contribution is -2.23. The Kier molecular flexibility index (Phi) is 2.78. The molecule has 0 N–H and O–H groups in total. The molecule has 0 saturated carbocycles. The molecule has 19 heavy (non-hydrogen) atoms. The van der Waals surface area contributed by atoms with Crippen molar-refractivity contribution in [3.8, 4) is 0 Å². The van der Waals surface area contributed by atoms with Crippen LogP contribution in [0.1, 0.15) is 21.5 Å². The molecule has 4 heteroatoms. The second-order valence-electron chi connectivity index (χ2n) is 4.55. The first-order chi connectivity index (χ1) is 9.15. The highest BCUT2D eigenvalue weighted by Crippen LogP contribution is 2.24. The maximum absolute atomic E-state index is 13.6. The summed E-state index contributed by atoms with van der Waals surface area (Å²) < 4.78 is 26.4. The van der Waals surface area contributed by atoms with Crippen molar-refractivity contribution in [1.29, 1.82) is 0 Å². The quantitative estimate of drug-likeness (QED) is 0.811. The van der Waals surface area contributed by atoms with E-state index in [1.165, 1.54) is 12.1 Å². The van der Waals surface area contributed by atoms with Crippen LogP contribution in [0, 0.1) is 11.6 Å². The second kappa shape index (κ2) is 4.46. The molecule has 0 aromatic heterocycles. The van der Waals surface area contributed by atoms with Gasteiger partial charge in [0.1, 0.15) is 11.6 Å². The molecule has 0 fully saturated rings. The van der Waals surface area contributed by atoms with Crippen LogP contribution in [0.4, 0.5) is 8.78 Å². The van der Waals surface area contributed by atoms with Crippen LogP contribution in [0.3, 0.4) is 0 Å². The average molecular weight is 259 g/mol. The summed E-state index contributed by atoms with van der Waals surface area (Å²) in [6.07, 6.45) is 0. The largest absolute Gasteiger partial charge is 0.330 e. The molecule has 2 aromatic carbocycles. The van der Waals surface area contributed by atoms with Gasteiger partial charge in [0, 0.05) is 30.3 Å². The summed E-state index contributed by atoms with van der Waals surface area (Å²) in [5, 5.41) is 0. The predicted molar refractivity (Wildman–Crippen MR) is 66.4 cm³/mol. The minimum Gasteiger partial charge on any atom is -0.330 e. The third-order valence-electron chi connectivity index (χ3n) is 3.27. The van der Waals surface area contributed by atoms with Gasteiger partial charge in [0.25, 0.3) is 5.91 Å². The van der Waals surface area contributed by atoms with Gasteiger partial charge in [-0.3, -0.25) is 4.79 Å². The zero-order valence-corrected chi connectivity index (χ0v) is 10.1. The first-order valence-corrected chi connectivity index (χ1v) is 5.96. The number of hydrogen-bond acceptors (Lipinski definition) is 1. The summed E-state index contributed by atoms with van der Waals surface area (Å²) in [6, 6.07) is 10.7. The maximum atomic E-state index is 13.6. The van der Waals surface area contributed by atoms with Gasteiger partial charge in [0.2, 0.25) is 0 Å². The fraction of sp³-hybridized carbons (Fsp3) is 0.133. The molecule has 0 atom stereocenters. The minimum atomic E-state index is -0.622. The third kappa shape index (κ3) is 2.10. The Morgan fingerprint density at radius 2 is 1.89 bits per heavy atom. The van der Waals surface area contributed by atoms with E-state index < -0.39 is 11.6 Å². The SMILES string of the molecule is O=C1c2ccccc2CN1Cc1ccc(F)cc1F. The molecule has 1 aliphatic rings. The van der Waals surface area contributed by atoms with Gasteiger partial charge < -0.3 is 4.90 Å². The molecule has 1 amide bonds. The zero-order valence-electron chi connectivity index (χ0n) is 10.1.